The van der Waals surface area contributed by atoms with Gasteiger partial charge in [0.2, 0.25) is 0 Å². The van der Waals surface area contributed by atoms with E-state index in [4.69, 9.17) is 5.73 Å². The normalized spacial score (nSPS) is 27.0. The molecule has 0 radical (unpaired) electrons. The first-order valence-corrected chi connectivity index (χ1v) is 7.40. The fourth-order valence-corrected chi connectivity index (χ4v) is 3.24. The molecule has 1 aliphatic rings. The molecule has 0 aromatic heterocycles. The van der Waals surface area contributed by atoms with E-state index < -0.39 is 11.7 Å². The molecule has 2 nitrogen and oxygen atoms in total. The summed E-state index contributed by atoms with van der Waals surface area (Å²) in [5, 5.41) is 0. The molecule has 1 aromatic rings. The van der Waals surface area contributed by atoms with E-state index in [2.05, 4.69) is 25.7 Å². The van der Waals surface area contributed by atoms with Crippen molar-refractivity contribution >= 4 is 5.69 Å². The summed E-state index contributed by atoms with van der Waals surface area (Å²) in [6.45, 7) is 7.49. The second-order valence-corrected chi connectivity index (χ2v) is 6.26. The van der Waals surface area contributed by atoms with Crippen LogP contribution in [0, 0.1) is 11.8 Å². The Bertz CT molecular complexity index is 499. The maximum absolute atomic E-state index is 12.8. The van der Waals surface area contributed by atoms with Crippen LogP contribution >= 0.6 is 0 Å². The van der Waals surface area contributed by atoms with E-state index in [1.165, 1.54) is 6.07 Å². The Balaban J connectivity index is 2.39. The Kier molecular flexibility index (Phi) is 4.51. The molecule has 0 bridgehead atoms. The highest BCUT2D eigenvalue weighted by Crippen LogP contribution is 2.36. The lowest BCUT2D eigenvalue weighted by Crippen LogP contribution is -2.46. The molecular weight excluding hydrogens is 277 g/mol. The first-order valence-electron chi connectivity index (χ1n) is 7.40. The molecule has 0 saturated carbocycles. The lowest BCUT2D eigenvalue weighted by atomic mass is 9.85. The summed E-state index contributed by atoms with van der Waals surface area (Å²) < 4.78 is 38.5. The SMILES string of the molecule is CC1CC(C)C(C)N(c2ccc(C(F)(F)F)cc2CN)C1. The van der Waals surface area contributed by atoms with Crippen molar-refractivity contribution in [1.29, 1.82) is 0 Å². The molecule has 3 unspecified atom stereocenters. The van der Waals surface area contributed by atoms with Gasteiger partial charge in [-0.25, -0.2) is 0 Å². The van der Waals surface area contributed by atoms with Gasteiger partial charge in [0.15, 0.2) is 0 Å². The quantitative estimate of drug-likeness (QED) is 0.893. The zero-order valence-corrected chi connectivity index (χ0v) is 12.7. The molecule has 1 fully saturated rings. The number of piperidine rings is 1. The zero-order chi connectivity index (χ0) is 15.8. The van der Waals surface area contributed by atoms with Gasteiger partial charge in [-0.15, -0.1) is 0 Å². The molecule has 118 valence electrons. The summed E-state index contributed by atoms with van der Waals surface area (Å²) in [4.78, 5) is 2.21. The van der Waals surface area contributed by atoms with Crippen LogP contribution in [0.3, 0.4) is 0 Å². The predicted molar refractivity (Wildman–Crippen MR) is 79.1 cm³/mol. The van der Waals surface area contributed by atoms with Crippen LogP contribution in [0.2, 0.25) is 0 Å². The van der Waals surface area contributed by atoms with E-state index in [1.54, 1.807) is 6.07 Å². The Morgan fingerprint density at radius 3 is 2.48 bits per heavy atom. The van der Waals surface area contributed by atoms with Crippen LogP contribution in [0.5, 0.6) is 0 Å². The summed E-state index contributed by atoms with van der Waals surface area (Å²) in [6, 6.07) is 4.23. The van der Waals surface area contributed by atoms with Crippen LogP contribution in [0.1, 0.15) is 38.3 Å². The first kappa shape index (κ1) is 16.1. The average Bonchev–Trinajstić information content (AvgIpc) is 2.41. The zero-order valence-electron chi connectivity index (χ0n) is 12.7. The van der Waals surface area contributed by atoms with Crippen molar-refractivity contribution in [2.45, 2.75) is 46.0 Å². The second-order valence-electron chi connectivity index (χ2n) is 6.26. The molecule has 1 heterocycles. The monoisotopic (exact) mass is 300 g/mol. The van der Waals surface area contributed by atoms with Crippen LogP contribution in [-0.4, -0.2) is 12.6 Å². The fourth-order valence-electron chi connectivity index (χ4n) is 3.24. The highest BCUT2D eigenvalue weighted by Gasteiger charge is 2.33. The highest BCUT2D eigenvalue weighted by atomic mass is 19.4. The Morgan fingerprint density at radius 1 is 1.24 bits per heavy atom. The minimum absolute atomic E-state index is 0.116. The number of anilines is 1. The summed E-state index contributed by atoms with van der Waals surface area (Å²) >= 11 is 0. The van der Waals surface area contributed by atoms with Crippen molar-refractivity contribution in [3.63, 3.8) is 0 Å². The fraction of sp³-hybridized carbons (Fsp3) is 0.625. The number of rotatable bonds is 2. The van der Waals surface area contributed by atoms with Gasteiger partial charge in [0.25, 0.3) is 0 Å². The van der Waals surface area contributed by atoms with Gasteiger partial charge in [0.1, 0.15) is 0 Å². The van der Waals surface area contributed by atoms with Gasteiger partial charge < -0.3 is 10.6 Å². The number of alkyl halides is 3. The molecule has 1 saturated heterocycles. The summed E-state index contributed by atoms with van der Waals surface area (Å²) in [6.07, 6.45) is -3.17. The molecule has 1 aliphatic heterocycles. The minimum atomic E-state index is -4.32. The van der Waals surface area contributed by atoms with Gasteiger partial charge in [-0.3, -0.25) is 0 Å². The predicted octanol–water partition coefficient (Wildman–Crippen LogP) is 4.03. The maximum Gasteiger partial charge on any atom is 0.416 e. The number of hydrogen-bond donors (Lipinski definition) is 1. The van der Waals surface area contributed by atoms with Crippen LogP contribution in [0.4, 0.5) is 18.9 Å². The Morgan fingerprint density at radius 2 is 1.90 bits per heavy atom. The van der Waals surface area contributed by atoms with Crippen molar-refractivity contribution in [2.75, 3.05) is 11.4 Å². The van der Waals surface area contributed by atoms with Crippen LogP contribution in [0.25, 0.3) is 0 Å². The van der Waals surface area contributed by atoms with E-state index in [-0.39, 0.29) is 6.54 Å². The van der Waals surface area contributed by atoms with Gasteiger partial charge >= 0.3 is 6.18 Å². The Labute approximate surface area is 124 Å². The molecule has 21 heavy (non-hydrogen) atoms. The van der Waals surface area contributed by atoms with E-state index in [0.717, 1.165) is 24.7 Å². The molecule has 5 heteroatoms. The van der Waals surface area contributed by atoms with Crippen molar-refractivity contribution < 1.29 is 13.2 Å². The average molecular weight is 300 g/mol. The van der Waals surface area contributed by atoms with E-state index in [0.29, 0.717) is 23.4 Å². The highest BCUT2D eigenvalue weighted by molar-refractivity contribution is 5.56. The first-order chi connectivity index (χ1) is 9.74. The molecule has 2 rings (SSSR count). The number of halogens is 3. The van der Waals surface area contributed by atoms with E-state index in [1.807, 2.05) is 0 Å². The maximum atomic E-state index is 12.8. The van der Waals surface area contributed by atoms with Gasteiger partial charge in [0, 0.05) is 24.8 Å². The number of nitrogens with zero attached hydrogens (tertiary/aromatic N) is 1. The van der Waals surface area contributed by atoms with Gasteiger partial charge in [-0.2, -0.15) is 13.2 Å². The molecule has 1 aromatic carbocycles. The second kappa shape index (κ2) is 5.87. The Hall–Kier alpha value is -1.23. The largest absolute Gasteiger partial charge is 0.416 e. The van der Waals surface area contributed by atoms with Crippen LogP contribution in [0.15, 0.2) is 18.2 Å². The van der Waals surface area contributed by atoms with Gasteiger partial charge in [-0.1, -0.05) is 13.8 Å². The lowest BCUT2D eigenvalue weighted by molar-refractivity contribution is -0.137. The molecule has 0 aliphatic carbocycles. The molecular formula is C16H23F3N2. The standard InChI is InChI=1S/C16H23F3N2/c1-10-6-11(2)12(3)21(9-10)15-5-4-14(16(17,18)19)7-13(15)8-20/h4-5,7,10-12H,6,8-9,20H2,1-3H3. The van der Waals surface area contributed by atoms with Gasteiger partial charge in [0.05, 0.1) is 5.56 Å². The molecule has 0 spiro atoms. The van der Waals surface area contributed by atoms with Crippen LogP contribution < -0.4 is 10.6 Å². The number of nitrogens with two attached hydrogens (primary N) is 1. The van der Waals surface area contributed by atoms with E-state index in [9.17, 15) is 13.2 Å². The van der Waals surface area contributed by atoms with Crippen molar-refractivity contribution in [3.05, 3.63) is 29.3 Å². The molecule has 3 atom stereocenters. The third kappa shape index (κ3) is 3.34. The molecule has 2 N–H and O–H groups in total. The summed E-state index contributed by atoms with van der Waals surface area (Å²) in [5.41, 5.74) is 6.47. The van der Waals surface area contributed by atoms with Crippen LogP contribution in [-0.2, 0) is 12.7 Å². The lowest BCUT2D eigenvalue weighted by Gasteiger charge is -2.43. The smallest absolute Gasteiger partial charge is 0.368 e. The topological polar surface area (TPSA) is 29.3 Å². The van der Waals surface area contributed by atoms with Gasteiger partial charge in [-0.05, 0) is 48.9 Å². The number of hydrogen-bond acceptors (Lipinski definition) is 2. The summed E-state index contributed by atoms with van der Waals surface area (Å²) in [5.74, 6) is 1.05. The summed E-state index contributed by atoms with van der Waals surface area (Å²) in [7, 11) is 0. The molecule has 0 amide bonds. The van der Waals surface area contributed by atoms with Crippen molar-refractivity contribution in [3.8, 4) is 0 Å². The third-order valence-electron chi connectivity index (χ3n) is 4.53. The number of benzene rings is 1. The third-order valence-corrected chi connectivity index (χ3v) is 4.53. The minimum Gasteiger partial charge on any atom is -0.368 e. The van der Waals surface area contributed by atoms with Crippen molar-refractivity contribution in [1.82, 2.24) is 0 Å². The van der Waals surface area contributed by atoms with Crippen molar-refractivity contribution in [2.24, 2.45) is 17.6 Å². The van der Waals surface area contributed by atoms with E-state index >= 15 is 0 Å².